The molecule has 0 radical (unpaired) electrons. The van der Waals surface area contributed by atoms with Gasteiger partial charge >= 0.3 is 5.97 Å². The van der Waals surface area contributed by atoms with E-state index in [9.17, 15) is 9.90 Å². The van der Waals surface area contributed by atoms with Gasteiger partial charge in [0.05, 0.1) is 37.1 Å². The first-order valence-corrected chi connectivity index (χ1v) is 6.39. The lowest BCUT2D eigenvalue weighted by molar-refractivity contribution is 0.0519. The van der Waals surface area contributed by atoms with E-state index in [1.165, 1.54) is 10.9 Å². The van der Waals surface area contributed by atoms with Crippen molar-refractivity contribution >= 4 is 5.97 Å². The Hall–Kier alpha value is -2.72. The maximum absolute atomic E-state index is 11.5. The van der Waals surface area contributed by atoms with Crippen LogP contribution in [-0.2, 0) is 11.3 Å². The molecule has 0 aliphatic heterocycles. The van der Waals surface area contributed by atoms with Gasteiger partial charge in [-0.3, -0.25) is 0 Å². The normalized spacial score (nSPS) is 11.7. The molecule has 0 fully saturated rings. The summed E-state index contributed by atoms with van der Waals surface area (Å²) in [5.74, 6) is -0.551. The fourth-order valence-electron chi connectivity index (χ4n) is 1.78. The second-order valence-corrected chi connectivity index (χ2v) is 4.30. The first-order valence-electron chi connectivity index (χ1n) is 6.39. The zero-order valence-electron chi connectivity index (χ0n) is 11.4. The minimum atomic E-state index is -0.852. The van der Waals surface area contributed by atoms with Gasteiger partial charge in [-0.05, 0) is 24.6 Å². The summed E-state index contributed by atoms with van der Waals surface area (Å²) < 4.78 is 6.16. The standard InChI is InChI=1S/C14H14N4O3/c1-2-21-14(20)12-8-18(17-16-12)9-13(19)11-5-3-4-10(6-11)7-15/h3-6,8,13,19H,2,9H2,1H3. The number of aliphatic hydroxyl groups excluding tert-OH is 1. The lowest BCUT2D eigenvalue weighted by Crippen LogP contribution is -2.09. The third kappa shape index (κ3) is 3.64. The van der Waals surface area contributed by atoms with Gasteiger partial charge in [0.15, 0.2) is 5.69 Å². The summed E-state index contributed by atoms with van der Waals surface area (Å²) in [6.07, 6.45) is 0.560. The van der Waals surface area contributed by atoms with Gasteiger partial charge in [-0.2, -0.15) is 5.26 Å². The maximum atomic E-state index is 11.5. The number of benzene rings is 1. The molecule has 1 aromatic heterocycles. The lowest BCUT2D eigenvalue weighted by atomic mass is 10.1. The number of nitriles is 1. The largest absolute Gasteiger partial charge is 0.461 e. The van der Waals surface area contributed by atoms with Gasteiger partial charge in [0.25, 0.3) is 0 Å². The Morgan fingerprint density at radius 2 is 2.38 bits per heavy atom. The number of nitrogens with zero attached hydrogens (tertiary/aromatic N) is 4. The fraction of sp³-hybridized carbons (Fsp3) is 0.286. The molecule has 0 aliphatic carbocycles. The van der Waals surface area contributed by atoms with E-state index in [2.05, 4.69) is 10.3 Å². The second kappa shape index (κ2) is 6.63. The molecule has 0 spiro atoms. The molecule has 0 saturated heterocycles. The highest BCUT2D eigenvalue weighted by Crippen LogP contribution is 2.16. The Balaban J connectivity index is 2.07. The van der Waals surface area contributed by atoms with Gasteiger partial charge in [-0.1, -0.05) is 17.3 Å². The van der Waals surface area contributed by atoms with Crippen LogP contribution in [0.5, 0.6) is 0 Å². The van der Waals surface area contributed by atoms with E-state index in [1.54, 1.807) is 31.2 Å². The minimum Gasteiger partial charge on any atom is -0.461 e. The van der Waals surface area contributed by atoms with Crippen LogP contribution in [0.3, 0.4) is 0 Å². The fourth-order valence-corrected chi connectivity index (χ4v) is 1.78. The second-order valence-electron chi connectivity index (χ2n) is 4.30. The van der Waals surface area contributed by atoms with E-state index in [0.717, 1.165) is 0 Å². The van der Waals surface area contributed by atoms with Crippen molar-refractivity contribution in [2.75, 3.05) is 6.61 Å². The average Bonchev–Trinajstić information content (AvgIpc) is 2.96. The topological polar surface area (TPSA) is 101 Å². The van der Waals surface area contributed by atoms with E-state index in [1.807, 2.05) is 6.07 Å². The number of esters is 1. The van der Waals surface area contributed by atoms with Crippen molar-refractivity contribution in [2.45, 2.75) is 19.6 Å². The van der Waals surface area contributed by atoms with Crippen LogP contribution < -0.4 is 0 Å². The highest BCUT2D eigenvalue weighted by Gasteiger charge is 2.14. The highest BCUT2D eigenvalue weighted by molar-refractivity contribution is 5.86. The number of rotatable bonds is 5. The van der Waals surface area contributed by atoms with Gasteiger partial charge in [0.1, 0.15) is 0 Å². The Morgan fingerprint density at radius 3 is 3.10 bits per heavy atom. The zero-order chi connectivity index (χ0) is 15.2. The molecule has 1 aromatic carbocycles. The Kier molecular flexibility index (Phi) is 4.64. The Morgan fingerprint density at radius 1 is 1.57 bits per heavy atom. The quantitative estimate of drug-likeness (QED) is 0.825. The van der Waals surface area contributed by atoms with E-state index in [-0.39, 0.29) is 18.8 Å². The minimum absolute atomic E-state index is 0.0924. The molecule has 108 valence electrons. The third-order valence-electron chi connectivity index (χ3n) is 2.78. The molecule has 0 aliphatic rings. The molecule has 1 N–H and O–H groups in total. The van der Waals surface area contributed by atoms with E-state index < -0.39 is 12.1 Å². The van der Waals surface area contributed by atoms with Crippen LogP contribution in [0.1, 0.15) is 34.6 Å². The third-order valence-corrected chi connectivity index (χ3v) is 2.78. The molecule has 1 unspecified atom stereocenters. The van der Waals surface area contributed by atoms with Crippen LogP contribution in [0.2, 0.25) is 0 Å². The van der Waals surface area contributed by atoms with Crippen molar-refractivity contribution in [3.63, 3.8) is 0 Å². The predicted molar refractivity (Wildman–Crippen MR) is 72.1 cm³/mol. The number of carbonyl (C=O) groups excluding carboxylic acids is 1. The monoisotopic (exact) mass is 286 g/mol. The van der Waals surface area contributed by atoms with Gasteiger partial charge in [0.2, 0.25) is 0 Å². The van der Waals surface area contributed by atoms with Gasteiger partial charge in [0, 0.05) is 0 Å². The van der Waals surface area contributed by atoms with E-state index in [0.29, 0.717) is 11.1 Å². The van der Waals surface area contributed by atoms with Crippen LogP contribution in [0, 0.1) is 11.3 Å². The van der Waals surface area contributed by atoms with Crippen molar-refractivity contribution in [1.29, 1.82) is 5.26 Å². The molecule has 21 heavy (non-hydrogen) atoms. The summed E-state index contributed by atoms with van der Waals surface area (Å²) in [6, 6.07) is 8.69. The maximum Gasteiger partial charge on any atom is 0.360 e. The summed E-state index contributed by atoms with van der Waals surface area (Å²) >= 11 is 0. The molecule has 1 heterocycles. The summed E-state index contributed by atoms with van der Waals surface area (Å²) in [7, 11) is 0. The highest BCUT2D eigenvalue weighted by atomic mass is 16.5. The molecule has 2 aromatic rings. The Labute approximate surface area is 121 Å². The summed E-state index contributed by atoms with van der Waals surface area (Å²) in [5.41, 5.74) is 1.16. The average molecular weight is 286 g/mol. The number of ether oxygens (including phenoxy) is 1. The van der Waals surface area contributed by atoms with Gasteiger partial charge < -0.3 is 9.84 Å². The number of hydrogen-bond acceptors (Lipinski definition) is 6. The smallest absolute Gasteiger partial charge is 0.360 e. The number of hydrogen-bond donors (Lipinski definition) is 1. The van der Waals surface area contributed by atoms with Gasteiger partial charge in [-0.25, -0.2) is 9.48 Å². The van der Waals surface area contributed by atoms with Crippen molar-refractivity contribution in [1.82, 2.24) is 15.0 Å². The summed E-state index contributed by atoms with van der Waals surface area (Å²) in [6.45, 7) is 2.09. The Bertz CT molecular complexity index is 675. The van der Waals surface area contributed by atoms with Crippen molar-refractivity contribution < 1.29 is 14.6 Å². The van der Waals surface area contributed by atoms with Gasteiger partial charge in [-0.15, -0.1) is 5.10 Å². The molecule has 0 amide bonds. The molecular weight excluding hydrogens is 272 g/mol. The molecule has 1 atom stereocenters. The van der Waals surface area contributed by atoms with Crippen molar-refractivity contribution in [2.24, 2.45) is 0 Å². The molecule has 0 bridgehead atoms. The van der Waals surface area contributed by atoms with Crippen molar-refractivity contribution in [3.05, 3.63) is 47.3 Å². The number of aromatic nitrogens is 3. The van der Waals surface area contributed by atoms with Crippen LogP contribution in [0.15, 0.2) is 30.5 Å². The van der Waals surface area contributed by atoms with E-state index in [4.69, 9.17) is 10.00 Å². The first-order chi connectivity index (χ1) is 10.1. The van der Waals surface area contributed by atoms with E-state index >= 15 is 0 Å². The van der Waals surface area contributed by atoms with Crippen LogP contribution in [0.4, 0.5) is 0 Å². The van der Waals surface area contributed by atoms with Crippen molar-refractivity contribution in [3.8, 4) is 6.07 Å². The lowest BCUT2D eigenvalue weighted by Gasteiger charge is -2.10. The number of carbonyl (C=O) groups is 1. The predicted octanol–water partition coefficient (Wildman–Crippen LogP) is 1.06. The summed E-state index contributed by atoms with van der Waals surface area (Å²) in [5, 5.41) is 26.4. The first kappa shape index (κ1) is 14.7. The molecular formula is C14H14N4O3. The zero-order valence-corrected chi connectivity index (χ0v) is 11.4. The van der Waals surface area contributed by atoms with Crippen LogP contribution in [0.25, 0.3) is 0 Å². The molecule has 0 saturated carbocycles. The number of aliphatic hydroxyl groups is 1. The summed E-state index contributed by atoms with van der Waals surface area (Å²) in [4.78, 5) is 11.5. The molecule has 2 rings (SSSR count). The SMILES string of the molecule is CCOC(=O)c1cn(CC(O)c2cccc(C#N)c2)nn1. The molecule has 7 nitrogen and oxygen atoms in total. The van der Waals surface area contributed by atoms with Crippen LogP contribution >= 0.6 is 0 Å². The van der Waals surface area contributed by atoms with Crippen LogP contribution in [-0.4, -0.2) is 32.7 Å². The molecule has 7 heteroatoms.